The number of halogens is 2. The first-order valence-corrected chi connectivity index (χ1v) is 11.6. The number of aryl methyl sites for hydroxylation is 1. The van der Waals surface area contributed by atoms with Crippen LogP contribution < -0.4 is 15.5 Å². The Morgan fingerprint density at radius 3 is 2.56 bits per heavy atom. The van der Waals surface area contributed by atoms with Gasteiger partial charge in [-0.25, -0.2) is 5.43 Å². The Morgan fingerprint density at radius 1 is 1.16 bits per heavy atom. The second kappa shape index (κ2) is 11.3. The first-order chi connectivity index (χ1) is 15.3. The van der Waals surface area contributed by atoms with Crippen LogP contribution in [-0.4, -0.2) is 35.3 Å². The first kappa shape index (κ1) is 24.0. The minimum atomic E-state index is -0.937. The van der Waals surface area contributed by atoms with Crippen molar-refractivity contribution < 1.29 is 14.3 Å². The van der Waals surface area contributed by atoms with Crippen LogP contribution in [0.2, 0.25) is 10.0 Å². The molecule has 8 nitrogen and oxygen atoms in total. The maximum Gasteiger partial charge on any atom is 0.329 e. The number of rotatable bonds is 7. The van der Waals surface area contributed by atoms with Crippen molar-refractivity contribution in [2.24, 2.45) is 5.10 Å². The Balaban J connectivity index is 1.60. The monoisotopic (exact) mass is 509 g/mol. The van der Waals surface area contributed by atoms with Crippen molar-refractivity contribution in [3.05, 3.63) is 62.6 Å². The van der Waals surface area contributed by atoms with E-state index in [-0.39, 0.29) is 0 Å². The number of anilines is 1. The van der Waals surface area contributed by atoms with Gasteiger partial charge in [0.05, 0.1) is 13.3 Å². The number of hydrogen-bond acceptors (Lipinski definition) is 8. The summed E-state index contributed by atoms with van der Waals surface area (Å²) in [6, 6.07) is 9.93. The number of methoxy groups -OCH3 is 1. The average molecular weight is 510 g/mol. The van der Waals surface area contributed by atoms with Crippen LogP contribution in [0.5, 0.6) is 5.75 Å². The third-order valence-corrected chi connectivity index (χ3v) is 6.33. The van der Waals surface area contributed by atoms with Crippen LogP contribution in [0.15, 0.2) is 45.8 Å². The van der Waals surface area contributed by atoms with Gasteiger partial charge in [-0.2, -0.15) is 5.10 Å². The maximum atomic E-state index is 12.0. The van der Waals surface area contributed by atoms with E-state index in [1.54, 1.807) is 31.0 Å². The van der Waals surface area contributed by atoms with Crippen LogP contribution >= 0.6 is 46.3 Å². The van der Waals surface area contributed by atoms with E-state index in [0.29, 0.717) is 21.5 Å². The Kier molecular flexibility index (Phi) is 8.46. The minimum absolute atomic E-state index is 0.301. The van der Waals surface area contributed by atoms with Gasteiger partial charge in [0.25, 0.3) is 0 Å². The largest absolute Gasteiger partial charge is 0.496 e. The minimum Gasteiger partial charge on any atom is -0.496 e. The number of hydrazone groups is 1. The summed E-state index contributed by atoms with van der Waals surface area (Å²) in [5, 5.41) is 15.9. The van der Waals surface area contributed by atoms with E-state index in [4.69, 9.17) is 27.9 Å². The lowest BCUT2D eigenvalue weighted by Crippen LogP contribution is -2.32. The molecule has 3 aromatic rings. The fourth-order valence-electron chi connectivity index (χ4n) is 2.50. The molecule has 3 rings (SSSR count). The summed E-state index contributed by atoms with van der Waals surface area (Å²) in [5.41, 5.74) is 4.14. The molecule has 32 heavy (non-hydrogen) atoms. The Bertz CT molecular complexity index is 1150. The molecule has 0 bridgehead atoms. The lowest BCUT2D eigenvalue weighted by Gasteiger charge is -2.08. The number of hydrogen-bond donors (Lipinski definition) is 2. The normalized spacial score (nSPS) is 10.9. The zero-order valence-corrected chi connectivity index (χ0v) is 20.0. The SMILES string of the molecule is COc1ccc(C=NNC(=O)C(=O)Nc2cc(Cl)cc(Cl)c2)cc1CSc1nnc(C)s1. The maximum absolute atomic E-state index is 12.0. The quantitative estimate of drug-likeness (QED) is 0.209. The van der Waals surface area contributed by atoms with Crippen molar-refractivity contribution in [2.75, 3.05) is 12.4 Å². The first-order valence-electron chi connectivity index (χ1n) is 9.04. The molecule has 2 aromatic carbocycles. The molecule has 1 aromatic heterocycles. The van der Waals surface area contributed by atoms with Crippen molar-refractivity contribution in [1.82, 2.24) is 15.6 Å². The second-order valence-electron chi connectivity index (χ2n) is 6.26. The molecular weight excluding hydrogens is 493 g/mol. The van der Waals surface area contributed by atoms with Crippen molar-refractivity contribution in [3.63, 3.8) is 0 Å². The van der Waals surface area contributed by atoms with E-state index in [9.17, 15) is 9.59 Å². The van der Waals surface area contributed by atoms with Gasteiger partial charge in [0.2, 0.25) is 0 Å². The predicted molar refractivity (Wildman–Crippen MR) is 128 cm³/mol. The molecule has 166 valence electrons. The molecule has 12 heteroatoms. The smallest absolute Gasteiger partial charge is 0.329 e. The summed E-state index contributed by atoms with van der Waals surface area (Å²) in [4.78, 5) is 24.0. The van der Waals surface area contributed by atoms with E-state index in [1.165, 1.54) is 35.8 Å². The lowest BCUT2D eigenvalue weighted by atomic mass is 10.1. The van der Waals surface area contributed by atoms with Gasteiger partial charge in [-0.3, -0.25) is 9.59 Å². The standard InChI is InChI=1S/C20H17Cl2N5O3S2/c1-11-25-27-20(32-11)31-10-13-5-12(3-4-17(13)30-2)9-23-26-19(29)18(28)24-16-7-14(21)6-15(22)8-16/h3-9H,10H2,1-2H3,(H,24,28)(H,26,29). The molecule has 0 fully saturated rings. The van der Waals surface area contributed by atoms with Gasteiger partial charge < -0.3 is 10.1 Å². The van der Waals surface area contributed by atoms with Crippen LogP contribution in [0.1, 0.15) is 16.1 Å². The van der Waals surface area contributed by atoms with Crippen LogP contribution in [-0.2, 0) is 15.3 Å². The highest BCUT2D eigenvalue weighted by Gasteiger charge is 2.14. The number of benzene rings is 2. The molecule has 2 N–H and O–H groups in total. The Hall–Kier alpha value is -2.66. The van der Waals surface area contributed by atoms with Gasteiger partial charge >= 0.3 is 11.8 Å². The molecule has 0 radical (unpaired) electrons. The molecule has 0 saturated heterocycles. The van der Waals surface area contributed by atoms with E-state index in [2.05, 4.69) is 26.0 Å². The van der Waals surface area contributed by atoms with Gasteiger partial charge in [-0.15, -0.1) is 10.2 Å². The molecule has 0 unspecified atom stereocenters. The summed E-state index contributed by atoms with van der Waals surface area (Å²) in [6.07, 6.45) is 1.43. The highest BCUT2D eigenvalue weighted by Crippen LogP contribution is 2.30. The highest BCUT2D eigenvalue weighted by molar-refractivity contribution is 8.00. The molecule has 1 heterocycles. The topological polar surface area (TPSA) is 106 Å². The number of carbonyl (C=O) groups is 2. The van der Waals surface area contributed by atoms with Crippen molar-refractivity contribution in [2.45, 2.75) is 17.0 Å². The number of carbonyl (C=O) groups excluding carboxylic acids is 2. The molecule has 0 aliphatic carbocycles. The Morgan fingerprint density at radius 2 is 1.91 bits per heavy atom. The van der Waals surface area contributed by atoms with E-state index >= 15 is 0 Å². The molecular formula is C20H17Cl2N5O3S2. The third kappa shape index (κ3) is 6.92. The number of thioether (sulfide) groups is 1. The zero-order chi connectivity index (χ0) is 23.1. The van der Waals surface area contributed by atoms with Crippen LogP contribution in [0.25, 0.3) is 0 Å². The fourth-order valence-corrected chi connectivity index (χ4v) is 4.82. The Labute approximate surface area is 202 Å². The summed E-state index contributed by atoms with van der Waals surface area (Å²) in [7, 11) is 1.60. The molecule has 0 aliphatic rings. The summed E-state index contributed by atoms with van der Waals surface area (Å²) < 4.78 is 6.27. The molecule has 0 atom stereocenters. The fraction of sp³-hybridized carbons (Fsp3) is 0.150. The molecule has 0 saturated carbocycles. The second-order valence-corrected chi connectivity index (χ2v) is 9.54. The number of amides is 2. The number of nitrogens with one attached hydrogen (secondary N) is 2. The summed E-state index contributed by atoms with van der Waals surface area (Å²) in [6.45, 7) is 1.90. The lowest BCUT2D eigenvalue weighted by molar-refractivity contribution is -0.136. The summed E-state index contributed by atoms with van der Waals surface area (Å²) in [5.74, 6) is -0.497. The number of aromatic nitrogens is 2. The average Bonchev–Trinajstić information content (AvgIpc) is 3.16. The number of ether oxygens (including phenoxy) is 1. The summed E-state index contributed by atoms with van der Waals surface area (Å²) >= 11 is 14.8. The zero-order valence-electron chi connectivity index (χ0n) is 16.9. The molecule has 2 amide bonds. The van der Waals surface area contributed by atoms with Crippen LogP contribution in [0.4, 0.5) is 5.69 Å². The van der Waals surface area contributed by atoms with Crippen molar-refractivity contribution in [3.8, 4) is 5.75 Å². The van der Waals surface area contributed by atoms with Gasteiger partial charge in [-0.05, 0) is 48.9 Å². The predicted octanol–water partition coefficient (Wildman–Crippen LogP) is 4.54. The van der Waals surface area contributed by atoms with Crippen LogP contribution in [0, 0.1) is 6.92 Å². The van der Waals surface area contributed by atoms with Gasteiger partial charge in [0.15, 0.2) is 4.34 Å². The van der Waals surface area contributed by atoms with E-state index in [1.807, 2.05) is 13.0 Å². The van der Waals surface area contributed by atoms with Gasteiger partial charge in [0.1, 0.15) is 10.8 Å². The van der Waals surface area contributed by atoms with Crippen LogP contribution in [0.3, 0.4) is 0 Å². The van der Waals surface area contributed by atoms with E-state index in [0.717, 1.165) is 26.2 Å². The molecule has 0 spiro atoms. The van der Waals surface area contributed by atoms with Crippen molar-refractivity contribution >= 4 is 70.0 Å². The number of nitrogens with zero attached hydrogens (tertiary/aromatic N) is 3. The molecule has 0 aliphatic heterocycles. The third-order valence-electron chi connectivity index (χ3n) is 3.87. The van der Waals surface area contributed by atoms with Gasteiger partial charge in [-0.1, -0.05) is 46.3 Å². The highest BCUT2D eigenvalue weighted by atomic mass is 35.5. The van der Waals surface area contributed by atoms with Crippen molar-refractivity contribution in [1.29, 1.82) is 0 Å². The van der Waals surface area contributed by atoms with E-state index < -0.39 is 11.8 Å². The van der Waals surface area contributed by atoms with Gasteiger partial charge in [0, 0.05) is 27.0 Å².